The van der Waals surface area contributed by atoms with Crippen molar-refractivity contribution in [3.63, 3.8) is 0 Å². The zero-order chi connectivity index (χ0) is 11.1. The SMILES string of the molecule is CCc1ccc2c3c(c(Cl)nc2c1)COC3. The number of aromatic nitrogens is 1. The molecule has 1 aliphatic heterocycles. The highest BCUT2D eigenvalue weighted by Gasteiger charge is 2.19. The zero-order valence-electron chi connectivity index (χ0n) is 9.09. The third-order valence-electron chi connectivity index (χ3n) is 3.12. The van der Waals surface area contributed by atoms with Crippen LogP contribution in [-0.2, 0) is 24.4 Å². The van der Waals surface area contributed by atoms with E-state index < -0.39 is 0 Å². The number of halogens is 1. The van der Waals surface area contributed by atoms with Crippen molar-refractivity contribution in [2.45, 2.75) is 26.6 Å². The molecular formula is C13H12ClNO. The summed E-state index contributed by atoms with van der Waals surface area (Å²) in [6.45, 7) is 3.38. The van der Waals surface area contributed by atoms with Gasteiger partial charge in [-0.1, -0.05) is 30.7 Å². The van der Waals surface area contributed by atoms with Crippen LogP contribution in [0.4, 0.5) is 0 Å². The Bertz CT molecular complexity index is 565. The monoisotopic (exact) mass is 233 g/mol. The summed E-state index contributed by atoms with van der Waals surface area (Å²) in [4.78, 5) is 4.44. The van der Waals surface area contributed by atoms with E-state index in [-0.39, 0.29) is 0 Å². The van der Waals surface area contributed by atoms with Crippen LogP contribution >= 0.6 is 11.6 Å². The predicted molar refractivity (Wildman–Crippen MR) is 64.6 cm³/mol. The van der Waals surface area contributed by atoms with Crippen molar-refractivity contribution in [2.24, 2.45) is 0 Å². The van der Waals surface area contributed by atoms with Gasteiger partial charge in [0.2, 0.25) is 0 Å². The van der Waals surface area contributed by atoms with E-state index in [0.717, 1.165) is 17.5 Å². The Kier molecular flexibility index (Phi) is 2.34. The largest absolute Gasteiger partial charge is 0.372 e. The zero-order valence-corrected chi connectivity index (χ0v) is 9.84. The Morgan fingerprint density at radius 1 is 1.31 bits per heavy atom. The number of rotatable bonds is 1. The third kappa shape index (κ3) is 1.41. The maximum absolute atomic E-state index is 6.15. The molecule has 1 aromatic heterocycles. The highest BCUT2D eigenvalue weighted by atomic mass is 35.5. The van der Waals surface area contributed by atoms with Gasteiger partial charge in [-0.05, 0) is 23.6 Å². The summed E-state index contributed by atoms with van der Waals surface area (Å²) < 4.78 is 5.44. The van der Waals surface area contributed by atoms with E-state index in [9.17, 15) is 0 Å². The summed E-state index contributed by atoms with van der Waals surface area (Å²) in [6.07, 6.45) is 1.02. The molecule has 2 aromatic rings. The second-order valence-corrected chi connectivity index (χ2v) is 4.42. The molecule has 0 N–H and O–H groups in total. The fourth-order valence-electron chi connectivity index (χ4n) is 2.17. The van der Waals surface area contributed by atoms with Crippen molar-refractivity contribution in [1.29, 1.82) is 0 Å². The van der Waals surface area contributed by atoms with Crippen LogP contribution in [0.15, 0.2) is 18.2 Å². The van der Waals surface area contributed by atoms with Gasteiger partial charge in [0.25, 0.3) is 0 Å². The summed E-state index contributed by atoms with van der Waals surface area (Å²) in [5.41, 5.74) is 4.53. The predicted octanol–water partition coefficient (Wildman–Crippen LogP) is 3.48. The van der Waals surface area contributed by atoms with Crippen LogP contribution in [0.2, 0.25) is 5.15 Å². The van der Waals surface area contributed by atoms with Gasteiger partial charge in [-0.3, -0.25) is 0 Å². The molecule has 3 heteroatoms. The molecule has 3 rings (SSSR count). The molecule has 0 saturated heterocycles. The van der Waals surface area contributed by atoms with E-state index in [2.05, 4.69) is 30.1 Å². The first-order valence-corrected chi connectivity index (χ1v) is 5.85. The number of benzene rings is 1. The van der Waals surface area contributed by atoms with Crippen molar-refractivity contribution in [1.82, 2.24) is 4.98 Å². The molecule has 0 atom stereocenters. The van der Waals surface area contributed by atoms with Gasteiger partial charge in [0.05, 0.1) is 18.7 Å². The summed E-state index contributed by atoms with van der Waals surface area (Å²) >= 11 is 6.15. The molecule has 2 heterocycles. The molecule has 0 bridgehead atoms. The minimum Gasteiger partial charge on any atom is -0.372 e. The highest BCUT2D eigenvalue weighted by Crippen LogP contribution is 2.32. The van der Waals surface area contributed by atoms with Crippen LogP contribution in [-0.4, -0.2) is 4.98 Å². The van der Waals surface area contributed by atoms with Crippen LogP contribution in [0.25, 0.3) is 10.9 Å². The van der Waals surface area contributed by atoms with Gasteiger partial charge >= 0.3 is 0 Å². The molecule has 0 saturated carbocycles. The Labute approximate surface area is 99.2 Å². The third-order valence-corrected chi connectivity index (χ3v) is 3.43. The standard InChI is InChI=1S/C13H12ClNO/c1-2-8-3-4-9-10-6-16-7-11(10)13(14)15-12(9)5-8/h3-5H,2,6-7H2,1H3. The first-order chi connectivity index (χ1) is 7.79. The number of hydrogen-bond donors (Lipinski definition) is 0. The van der Waals surface area contributed by atoms with Crippen LogP contribution in [0.3, 0.4) is 0 Å². The van der Waals surface area contributed by atoms with Gasteiger partial charge in [-0.15, -0.1) is 0 Å². The average molecular weight is 234 g/mol. The molecule has 0 unspecified atom stereocenters. The Morgan fingerprint density at radius 2 is 2.12 bits per heavy atom. The molecule has 16 heavy (non-hydrogen) atoms. The van der Waals surface area contributed by atoms with E-state index in [0.29, 0.717) is 18.4 Å². The van der Waals surface area contributed by atoms with Crippen LogP contribution in [0.1, 0.15) is 23.6 Å². The maximum atomic E-state index is 6.15. The molecule has 0 spiro atoms. The maximum Gasteiger partial charge on any atom is 0.135 e. The molecule has 1 aliphatic rings. The van der Waals surface area contributed by atoms with E-state index in [1.807, 2.05) is 0 Å². The quantitative estimate of drug-likeness (QED) is 0.704. The Balaban J connectivity index is 2.33. The topological polar surface area (TPSA) is 22.1 Å². The van der Waals surface area contributed by atoms with E-state index >= 15 is 0 Å². The minimum atomic E-state index is 0.590. The normalized spacial score (nSPS) is 14.4. The van der Waals surface area contributed by atoms with Crippen LogP contribution in [0.5, 0.6) is 0 Å². The lowest BCUT2D eigenvalue weighted by Crippen LogP contribution is -1.92. The summed E-state index contributed by atoms with van der Waals surface area (Å²) in [7, 11) is 0. The van der Waals surface area contributed by atoms with Crippen molar-refractivity contribution in [2.75, 3.05) is 0 Å². The molecule has 0 fully saturated rings. The molecule has 0 radical (unpaired) electrons. The van der Waals surface area contributed by atoms with Crippen LogP contribution < -0.4 is 0 Å². The van der Waals surface area contributed by atoms with Crippen molar-refractivity contribution < 1.29 is 4.74 Å². The lowest BCUT2D eigenvalue weighted by Gasteiger charge is -2.06. The lowest BCUT2D eigenvalue weighted by molar-refractivity contribution is 0.135. The first-order valence-electron chi connectivity index (χ1n) is 5.47. The molecule has 2 nitrogen and oxygen atoms in total. The molecule has 1 aromatic carbocycles. The van der Waals surface area contributed by atoms with Crippen molar-refractivity contribution in [3.8, 4) is 0 Å². The number of pyridine rings is 1. The highest BCUT2D eigenvalue weighted by molar-refractivity contribution is 6.30. The number of ether oxygens (including phenoxy) is 1. The lowest BCUT2D eigenvalue weighted by atomic mass is 10.0. The molecular weight excluding hydrogens is 222 g/mol. The van der Waals surface area contributed by atoms with E-state index in [1.54, 1.807) is 0 Å². The molecule has 82 valence electrons. The first kappa shape index (κ1) is 10.1. The molecule has 0 amide bonds. The number of fused-ring (bicyclic) bond motifs is 3. The smallest absolute Gasteiger partial charge is 0.135 e. The van der Waals surface area contributed by atoms with Gasteiger partial charge in [-0.25, -0.2) is 4.98 Å². The fourth-order valence-corrected chi connectivity index (χ4v) is 2.43. The van der Waals surface area contributed by atoms with Gasteiger partial charge in [-0.2, -0.15) is 0 Å². The number of aryl methyl sites for hydroxylation is 1. The fraction of sp³-hybridized carbons (Fsp3) is 0.308. The second-order valence-electron chi connectivity index (χ2n) is 4.06. The van der Waals surface area contributed by atoms with Gasteiger partial charge in [0.1, 0.15) is 5.15 Å². The van der Waals surface area contributed by atoms with E-state index in [1.165, 1.54) is 16.5 Å². The molecule has 0 aliphatic carbocycles. The number of hydrogen-bond acceptors (Lipinski definition) is 2. The van der Waals surface area contributed by atoms with Gasteiger partial charge < -0.3 is 4.74 Å². The Hall–Kier alpha value is -1.12. The second kappa shape index (κ2) is 3.72. The average Bonchev–Trinajstić information content (AvgIpc) is 2.78. The van der Waals surface area contributed by atoms with Crippen molar-refractivity contribution >= 4 is 22.5 Å². The summed E-state index contributed by atoms with van der Waals surface area (Å²) in [5.74, 6) is 0. The van der Waals surface area contributed by atoms with Gasteiger partial charge in [0.15, 0.2) is 0 Å². The van der Waals surface area contributed by atoms with Crippen LogP contribution in [0, 0.1) is 0 Å². The number of nitrogens with zero attached hydrogens (tertiary/aromatic N) is 1. The van der Waals surface area contributed by atoms with E-state index in [4.69, 9.17) is 16.3 Å². The minimum absolute atomic E-state index is 0.590. The summed E-state index contributed by atoms with van der Waals surface area (Å²) in [5, 5.41) is 1.77. The van der Waals surface area contributed by atoms with Gasteiger partial charge in [0, 0.05) is 10.9 Å². The van der Waals surface area contributed by atoms with Crippen molar-refractivity contribution in [3.05, 3.63) is 40.0 Å². The Morgan fingerprint density at radius 3 is 2.94 bits per heavy atom. The summed E-state index contributed by atoms with van der Waals surface area (Å²) in [6, 6.07) is 6.39.